The van der Waals surface area contributed by atoms with Crippen molar-refractivity contribution < 1.29 is 4.74 Å². The highest BCUT2D eigenvalue weighted by atomic mass is 16.5. The molecule has 2 saturated heterocycles. The molecule has 0 bridgehead atoms. The van der Waals surface area contributed by atoms with Crippen LogP contribution in [0.4, 0.5) is 0 Å². The third kappa shape index (κ3) is 4.44. The largest absolute Gasteiger partial charge is 0.381 e. The van der Waals surface area contributed by atoms with Gasteiger partial charge in [0.2, 0.25) is 0 Å². The Labute approximate surface area is 125 Å². The van der Waals surface area contributed by atoms with Crippen molar-refractivity contribution in [3.05, 3.63) is 0 Å². The zero-order valence-corrected chi connectivity index (χ0v) is 14.2. The highest BCUT2D eigenvalue weighted by Crippen LogP contribution is 2.33. The second-order valence-corrected chi connectivity index (χ2v) is 8.38. The van der Waals surface area contributed by atoms with Crippen LogP contribution in [0.5, 0.6) is 0 Å². The minimum absolute atomic E-state index is 0.189. The fourth-order valence-corrected chi connectivity index (χ4v) is 3.72. The number of rotatable bonds is 4. The van der Waals surface area contributed by atoms with Gasteiger partial charge in [0.15, 0.2) is 0 Å². The van der Waals surface area contributed by atoms with E-state index in [0.717, 1.165) is 31.7 Å². The molecule has 0 aromatic heterocycles. The van der Waals surface area contributed by atoms with Crippen LogP contribution in [0, 0.1) is 11.3 Å². The third-order valence-corrected chi connectivity index (χ3v) is 4.85. The molecule has 2 rings (SSSR count). The molecule has 20 heavy (non-hydrogen) atoms. The molecule has 0 aromatic rings. The molecule has 3 atom stereocenters. The van der Waals surface area contributed by atoms with Crippen LogP contribution in [0.2, 0.25) is 0 Å². The molecule has 1 N–H and O–H groups in total. The van der Waals surface area contributed by atoms with E-state index >= 15 is 0 Å². The minimum Gasteiger partial charge on any atom is -0.381 e. The Balaban J connectivity index is 1.99. The van der Waals surface area contributed by atoms with Gasteiger partial charge in [-0.2, -0.15) is 0 Å². The lowest BCUT2D eigenvalue weighted by atomic mass is 9.81. The van der Waals surface area contributed by atoms with Gasteiger partial charge in [-0.3, -0.25) is 4.90 Å². The Hall–Kier alpha value is -0.120. The van der Waals surface area contributed by atoms with Crippen molar-refractivity contribution in [1.29, 1.82) is 0 Å². The molecule has 0 saturated carbocycles. The second-order valence-electron chi connectivity index (χ2n) is 8.38. The molecule has 0 aromatic carbocycles. The number of nitrogens with zero attached hydrogens (tertiary/aromatic N) is 1. The molecule has 0 radical (unpaired) electrons. The first kappa shape index (κ1) is 16.3. The number of hydrogen-bond acceptors (Lipinski definition) is 3. The average Bonchev–Trinajstić information content (AvgIpc) is 2.66. The fourth-order valence-electron chi connectivity index (χ4n) is 3.72. The molecule has 2 aliphatic heterocycles. The van der Waals surface area contributed by atoms with E-state index in [1.807, 2.05) is 0 Å². The summed E-state index contributed by atoms with van der Waals surface area (Å²) >= 11 is 0. The maximum Gasteiger partial charge on any atom is 0.0546 e. The van der Waals surface area contributed by atoms with Gasteiger partial charge in [0.25, 0.3) is 0 Å². The lowest BCUT2D eigenvalue weighted by molar-refractivity contribution is -0.0301. The predicted molar refractivity (Wildman–Crippen MR) is 85.1 cm³/mol. The minimum atomic E-state index is 0.189. The Morgan fingerprint density at radius 1 is 1.30 bits per heavy atom. The highest BCUT2D eigenvalue weighted by molar-refractivity contribution is 4.92. The number of ether oxygens (including phenoxy) is 1. The molecule has 118 valence electrons. The Kier molecular flexibility index (Phi) is 5.14. The molecular weight excluding hydrogens is 248 g/mol. The van der Waals surface area contributed by atoms with Crippen molar-refractivity contribution in [2.45, 2.75) is 65.5 Å². The van der Waals surface area contributed by atoms with E-state index in [0.29, 0.717) is 5.41 Å². The van der Waals surface area contributed by atoms with Crippen molar-refractivity contribution in [2.24, 2.45) is 11.3 Å². The molecule has 3 heteroatoms. The van der Waals surface area contributed by atoms with Gasteiger partial charge >= 0.3 is 0 Å². The van der Waals surface area contributed by atoms with Crippen molar-refractivity contribution in [1.82, 2.24) is 10.2 Å². The van der Waals surface area contributed by atoms with E-state index in [9.17, 15) is 0 Å². The van der Waals surface area contributed by atoms with Gasteiger partial charge < -0.3 is 10.1 Å². The Morgan fingerprint density at radius 3 is 2.55 bits per heavy atom. The van der Waals surface area contributed by atoms with Crippen molar-refractivity contribution in [3.8, 4) is 0 Å². The third-order valence-electron chi connectivity index (χ3n) is 4.85. The van der Waals surface area contributed by atoms with E-state index in [4.69, 9.17) is 4.74 Å². The average molecular weight is 282 g/mol. The van der Waals surface area contributed by atoms with E-state index in [2.05, 4.69) is 44.8 Å². The molecular formula is C17H34N2O. The molecule has 2 heterocycles. The maximum absolute atomic E-state index is 5.86. The molecule has 0 aliphatic carbocycles. The van der Waals surface area contributed by atoms with Crippen LogP contribution < -0.4 is 5.32 Å². The lowest BCUT2D eigenvalue weighted by Gasteiger charge is -2.42. The summed E-state index contributed by atoms with van der Waals surface area (Å²) in [6, 6.07) is 0.735. The summed E-state index contributed by atoms with van der Waals surface area (Å²) in [6.45, 7) is 16.9. The Morgan fingerprint density at radius 2 is 2.05 bits per heavy atom. The number of likely N-dealkylation sites (tertiary alicyclic amines) is 1. The summed E-state index contributed by atoms with van der Waals surface area (Å²) in [5.74, 6) is 0.849. The zero-order chi connectivity index (χ0) is 14.8. The second kappa shape index (κ2) is 6.33. The molecule has 3 nitrogen and oxygen atoms in total. The SMILES string of the molecule is CC1CC(C)N(CC2(CNC(C)(C)C)CCCOC2)C1. The van der Waals surface area contributed by atoms with Crippen LogP contribution in [0.1, 0.15) is 53.9 Å². The van der Waals surface area contributed by atoms with Crippen LogP contribution >= 0.6 is 0 Å². The van der Waals surface area contributed by atoms with Gasteiger partial charge in [0.1, 0.15) is 0 Å². The highest BCUT2D eigenvalue weighted by Gasteiger charge is 2.38. The maximum atomic E-state index is 5.86. The first-order chi connectivity index (χ1) is 9.30. The summed E-state index contributed by atoms with van der Waals surface area (Å²) in [5.41, 5.74) is 0.498. The summed E-state index contributed by atoms with van der Waals surface area (Å²) in [7, 11) is 0. The molecule has 2 aliphatic rings. The van der Waals surface area contributed by atoms with Gasteiger partial charge in [-0.25, -0.2) is 0 Å². The fraction of sp³-hybridized carbons (Fsp3) is 1.00. The van der Waals surface area contributed by atoms with Crippen LogP contribution in [-0.2, 0) is 4.74 Å². The van der Waals surface area contributed by atoms with Crippen molar-refractivity contribution >= 4 is 0 Å². The summed E-state index contributed by atoms with van der Waals surface area (Å²) in [4.78, 5) is 2.70. The van der Waals surface area contributed by atoms with Crippen LogP contribution in [0.15, 0.2) is 0 Å². The molecule has 0 spiro atoms. The number of hydrogen-bond donors (Lipinski definition) is 1. The van der Waals surface area contributed by atoms with Gasteiger partial charge in [-0.1, -0.05) is 6.92 Å². The van der Waals surface area contributed by atoms with E-state index in [1.54, 1.807) is 0 Å². The smallest absolute Gasteiger partial charge is 0.0546 e. The summed E-state index contributed by atoms with van der Waals surface area (Å²) < 4.78 is 5.86. The van der Waals surface area contributed by atoms with Crippen molar-refractivity contribution in [3.63, 3.8) is 0 Å². The molecule has 2 fully saturated rings. The van der Waals surface area contributed by atoms with Crippen LogP contribution in [0.25, 0.3) is 0 Å². The lowest BCUT2D eigenvalue weighted by Crippen LogP contribution is -2.53. The topological polar surface area (TPSA) is 24.5 Å². The van der Waals surface area contributed by atoms with Crippen LogP contribution in [-0.4, -0.2) is 49.3 Å². The standard InChI is InChI=1S/C17H34N2O/c1-14-9-15(2)19(10-14)12-17(7-6-8-20-13-17)11-18-16(3,4)5/h14-15,18H,6-13H2,1-5H3. The van der Waals surface area contributed by atoms with E-state index in [-0.39, 0.29) is 5.54 Å². The first-order valence-corrected chi connectivity index (χ1v) is 8.37. The quantitative estimate of drug-likeness (QED) is 0.858. The summed E-state index contributed by atoms with van der Waals surface area (Å²) in [5, 5.41) is 3.73. The predicted octanol–water partition coefficient (Wildman–Crippen LogP) is 2.90. The molecule has 0 amide bonds. The van der Waals surface area contributed by atoms with Crippen LogP contribution in [0.3, 0.4) is 0 Å². The zero-order valence-electron chi connectivity index (χ0n) is 14.2. The van der Waals surface area contributed by atoms with Gasteiger partial charge in [-0.15, -0.1) is 0 Å². The van der Waals surface area contributed by atoms with E-state index < -0.39 is 0 Å². The number of nitrogens with one attached hydrogen (secondary N) is 1. The normalized spacial score (nSPS) is 36.5. The van der Waals surface area contributed by atoms with E-state index in [1.165, 1.54) is 32.4 Å². The molecule has 3 unspecified atom stereocenters. The van der Waals surface area contributed by atoms with Crippen molar-refractivity contribution in [2.75, 3.05) is 32.8 Å². The first-order valence-electron chi connectivity index (χ1n) is 8.37. The van der Waals surface area contributed by atoms with Gasteiger partial charge in [0, 0.05) is 43.2 Å². The Bertz CT molecular complexity index is 305. The monoisotopic (exact) mass is 282 g/mol. The van der Waals surface area contributed by atoms with Gasteiger partial charge in [0.05, 0.1) is 6.61 Å². The summed E-state index contributed by atoms with van der Waals surface area (Å²) in [6.07, 6.45) is 3.86. The van der Waals surface area contributed by atoms with Gasteiger partial charge in [-0.05, 0) is 52.9 Å².